The molecule has 3 heterocycles. The SMILES string of the molecule is Cc1ccccc1CN1CCC(CN(Cc2cccnc2)C(=O)CCn2cnnn2)CC1. The smallest absolute Gasteiger partial charge is 0.224 e. The third-order valence-electron chi connectivity index (χ3n) is 6.24. The normalized spacial score (nSPS) is 15.0. The molecule has 0 N–H and O–H groups in total. The number of pyridine rings is 1. The molecule has 1 aliphatic heterocycles. The molecule has 0 atom stereocenters. The maximum absolute atomic E-state index is 13.1. The number of benzene rings is 1. The molecule has 1 amide bonds. The summed E-state index contributed by atoms with van der Waals surface area (Å²) < 4.78 is 1.60. The highest BCUT2D eigenvalue weighted by molar-refractivity contribution is 5.76. The van der Waals surface area contributed by atoms with Crippen molar-refractivity contribution in [3.63, 3.8) is 0 Å². The van der Waals surface area contributed by atoms with Crippen LogP contribution in [0.25, 0.3) is 0 Å². The van der Waals surface area contributed by atoms with Crippen molar-refractivity contribution in [1.82, 2.24) is 35.0 Å². The van der Waals surface area contributed by atoms with Gasteiger partial charge in [0.1, 0.15) is 6.33 Å². The summed E-state index contributed by atoms with van der Waals surface area (Å²) in [5.41, 5.74) is 3.81. The molecule has 0 spiro atoms. The van der Waals surface area contributed by atoms with Gasteiger partial charge in [-0.2, -0.15) is 0 Å². The Balaban J connectivity index is 1.33. The van der Waals surface area contributed by atoms with Gasteiger partial charge in [-0.1, -0.05) is 30.3 Å². The lowest BCUT2D eigenvalue weighted by Crippen LogP contribution is -2.40. The molecule has 2 aromatic heterocycles. The van der Waals surface area contributed by atoms with Gasteiger partial charge in [0.05, 0.1) is 6.54 Å². The van der Waals surface area contributed by atoms with Crippen molar-refractivity contribution in [2.45, 2.75) is 45.8 Å². The highest BCUT2D eigenvalue weighted by Crippen LogP contribution is 2.22. The number of nitrogens with zero attached hydrogens (tertiary/aromatic N) is 7. The van der Waals surface area contributed by atoms with E-state index < -0.39 is 0 Å². The number of likely N-dealkylation sites (tertiary alicyclic amines) is 1. The topological polar surface area (TPSA) is 80.0 Å². The zero-order chi connectivity index (χ0) is 22.2. The minimum atomic E-state index is 0.131. The maximum atomic E-state index is 13.1. The molecule has 1 fully saturated rings. The summed E-state index contributed by atoms with van der Waals surface area (Å²) in [6.45, 7) is 7.18. The fourth-order valence-electron chi connectivity index (χ4n) is 4.28. The number of carbonyl (C=O) groups is 1. The maximum Gasteiger partial charge on any atom is 0.224 e. The molecular weight excluding hydrogens is 402 g/mol. The van der Waals surface area contributed by atoms with E-state index in [1.54, 1.807) is 17.2 Å². The zero-order valence-corrected chi connectivity index (χ0v) is 18.7. The number of aryl methyl sites for hydroxylation is 2. The molecule has 32 heavy (non-hydrogen) atoms. The second-order valence-electron chi connectivity index (χ2n) is 8.60. The molecule has 0 radical (unpaired) electrons. The van der Waals surface area contributed by atoms with Crippen LogP contribution in [0.2, 0.25) is 0 Å². The minimum absolute atomic E-state index is 0.131. The van der Waals surface area contributed by atoms with Crippen LogP contribution in [0.15, 0.2) is 55.1 Å². The molecule has 8 nitrogen and oxygen atoms in total. The summed E-state index contributed by atoms with van der Waals surface area (Å²) >= 11 is 0. The van der Waals surface area contributed by atoms with Crippen LogP contribution in [0, 0.1) is 12.8 Å². The zero-order valence-electron chi connectivity index (χ0n) is 18.7. The van der Waals surface area contributed by atoms with Crippen molar-refractivity contribution in [3.05, 3.63) is 71.8 Å². The van der Waals surface area contributed by atoms with Crippen LogP contribution >= 0.6 is 0 Å². The van der Waals surface area contributed by atoms with Crippen molar-refractivity contribution in [2.75, 3.05) is 19.6 Å². The van der Waals surface area contributed by atoms with E-state index in [0.717, 1.165) is 44.6 Å². The van der Waals surface area contributed by atoms with Crippen molar-refractivity contribution in [1.29, 1.82) is 0 Å². The monoisotopic (exact) mass is 433 g/mol. The second kappa shape index (κ2) is 10.9. The summed E-state index contributed by atoms with van der Waals surface area (Å²) in [5.74, 6) is 0.642. The van der Waals surface area contributed by atoms with E-state index in [9.17, 15) is 4.79 Å². The number of tetrazole rings is 1. The third-order valence-corrected chi connectivity index (χ3v) is 6.24. The van der Waals surface area contributed by atoms with Crippen LogP contribution < -0.4 is 0 Å². The van der Waals surface area contributed by atoms with Crippen LogP contribution in [0.4, 0.5) is 0 Å². The Labute approximate surface area is 189 Å². The Hall–Kier alpha value is -3.13. The largest absolute Gasteiger partial charge is 0.338 e. The fourth-order valence-corrected chi connectivity index (χ4v) is 4.28. The molecule has 0 bridgehead atoms. The second-order valence-corrected chi connectivity index (χ2v) is 8.60. The quantitative estimate of drug-likeness (QED) is 0.516. The first kappa shape index (κ1) is 22.1. The number of hydrogen-bond acceptors (Lipinski definition) is 6. The molecular formula is C24H31N7O. The lowest BCUT2D eigenvalue weighted by atomic mass is 9.95. The van der Waals surface area contributed by atoms with Gasteiger partial charge in [-0.25, -0.2) is 4.68 Å². The van der Waals surface area contributed by atoms with Crippen molar-refractivity contribution < 1.29 is 4.79 Å². The Bertz CT molecular complexity index is 969. The third kappa shape index (κ3) is 6.20. The molecule has 0 saturated carbocycles. The average molecular weight is 434 g/mol. The summed E-state index contributed by atoms with van der Waals surface area (Å²) in [4.78, 5) is 21.8. The molecule has 168 valence electrons. The summed E-state index contributed by atoms with van der Waals surface area (Å²) in [5, 5.41) is 11.2. The van der Waals surface area contributed by atoms with E-state index in [0.29, 0.717) is 25.4 Å². The highest BCUT2D eigenvalue weighted by atomic mass is 16.2. The number of hydrogen-bond donors (Lipinski definition) is 0. The predicted molar refractivity (Wildman–Crippen MR) is 121 cm³/mol. The minimum Gasteiger partial charge on any atom is -0.338 e. The first-order valence-corrected chi connectivity index (χ1v) is 11.3. The van der Waals surface area contributed by atoms with Gasteiger partial charge in [0, 0.05) is 38.4 Å². The summed E-state index contributed by atoms with van der Waals surface area (Å²) in [6.07, 6.45) is 7.75. The molecule has 0 aliphatic carbocycles. The Morgan fingerprint density at radius 2 is 2.00 bits per heavy atom. The number of carbonyl (C=O) groups excluding carboxylic acids is 1. The van der Waals surface area contributed by atoms with Gasteiger partial charge in [0.15, 0.2) is 0 Å². The van der Waals surface area contributed by atoms with Crippen LogP contribution in [0.3, 0.4) is 0 Å². The van der Waals surface area contributed by atoms with Crippen LogP contribution in [0.1, 0.15) is 36.0 Å². The van der Waals surface area contributed by atoms with Gasteiger partial charge in [-0.15, -0.1) is 5.10 Å². The fraction of sp³-hybridized carbons (Fsp3) is 0.458. The molecule has 1 saturated heterocycles. The molecule has 0 unspecified atom stereocenters. The molecule has 8 heteroatoms. The van der Waals surface area contributed by atoms with Crippen LogP contribution in [0.5, 0.6) is 0 Å². The Morgan fingerprint density at radius 3 is 2.72 bits per heavy atom. The average Bonchev–Trinajstić information content (AvgIpc) is 3.34. The number of rotatable bonds is 9. The van der Waals surface area contributed by atoms with E-state index >= 15 is 0 Å². The first-order chi connectivity index (χ1) is 15.7. The van der Waals surface area contributed by atoms with E-state index in [2.05, 4.69) is 56.6 Å². The van der Waals surface area contributed by atoms with Gasteiger partial charge in [0.25, 0.3) is 0 Å². The number of amides is 1. The molecule has 3 aromatic rings. The lowest BCUT2D eigenvalue weighted by molar-refractivity contribution is -0.133. The van der Waals surface area contributed by atoms with Gasteiger partial charge < -0.3 is 4.90 Å². The summed E-state index contributed by atoms with van der Waals surface area (Å²) in [6, 6.07) is 12.6. The standard InChI is InChI=1S/C24H31N7O/c1-20-5-2-3-7-23(20)18-29-12-8-21(9-13-29)16-30(17-22-6-4-11-25-15-22)24(32)10-14-31-19-26-27-28-31/h2-7,11,15,19,21H,8-10,12-14,16-18H2,1H3. The van der Waals surface area contributed by atoms with Gasteiger partial charge in [0.2, 0.25) is 5.91 Å². The van der Waals surface area contributed by atoms with Crippen LogP contribution in [-0.2, 0) is 24.4 Å². The van der Waals surface area contributed by atoms with E-state index in [4.69, 9.17) is 0 Å². The number of piperidine rings is 1. The molecule has 1 aliphatic rings. The van der Waals surface area contributed by atoms with Gasteiger partial charge in [-0.3, -0.25) is 14.7 Å². The van der Waals surface area contributed by atoms with E-state index in [-0.39, 0.29) is 5.91 Å². The van der Waals surface area contributed by atoms with Crippen LogP contribution in [-0.4, -0.2) is 60.5 Å². The number of aromatic nitrogens is 5. The van der Waals surface area contributed by atoms with Gasteiger partial charge >= 0.3 is 0 Å². The Kier molecular flexibility index (Phi) is 7.55. The summed E-state index contributed by atoms with van der Waals surface area (Å²) in [7, 11) is 0. The van der Waals surface area contributed by atoms with E-state index in [1.165, 1.54) is 11.1 Å². The van der Waals surface area contributed by atoms with Crippen molar-refractivity contribution in [2.24, 2.45) is 5.92 Å². The first-order valence-electron chi connectivity index (χ1n) is 11.3. The predicted octanol–water partition coefficient (Wildman–Crippen LogP) is 2.71. The highest BCUT2D eigenvalue weighted by Gasteiger charge is 2.24. The Morgan fingerprint density at radius 1 is 1.16 bits per heavy atom. The van der Waals surface area contributed by atoms with Crippen molar-refractivity contribution in [3.8, 4) is 0 Å². The van der Waals surface area contributed by atoms with Gasteiger partial charge in [-0.05, 0) is 72.0 Å². The van der Waals surface area contributed by atoms with Crippen molar-refractivity contribution >= 4 is 5.91 Å². The molecule has 4 rings (SSSR count). The van der Waals surface area contributed by atoms with E-state index in [1.807, 2.05) is 23.2 Å². The lowest BCUT2D eigenvalue weighted by Gasteiger charge is -2.35. The molecule has 1 aromatic carbocycles.